The molecule has 1 aromatic carbocycles. The van der Waals surface area contributed by atoms with Gasteiger partial charge in [-0.15, -0.1) is 0 Å². The summed E-state index contributed by atoms with van der Waals surface area (Å²) in [6.07, 6.45) is -4.65. The Morgan fingerprint density at radius 2 is 2.00 bits per heavy atom. The second-order valence-corrected chi connectivity index (χ2v) is 5.24. The van der Waals surface area contributed by atoms with E-state index in [-0.39, 0.29) is 26.1 Å². The van der Waals surface area contributed by atoms with Crippen LogP contribution in [0.2, 0.25) is 0 Å². The molecule has 0 aromatic heterocycles. The van der Waals surface area contributed by atoms with Gasteiger partial charge in [-0.05, 0) is 12.1 Å². The molecule has 0 radical (unpaired) electrons. The highest BCUT2D eigenvalue weighted by atomic mass is 19.4. The van der Waals surface area contributed by atoms with E-state index >= 15 is 0 Å². The lowest BCUT2D eigenvalue weighted by atomic mass is 10.1. The van der Waals surface area contributed by atoms with E-state index in [2.05, 4.69) is 5.32 Å². The number of halogens is 3. The lowest BCUT2D eigenvalue weighted by molar-refractivity contribution is -0.157. The van der Waals surface area contributed by atoms with Gasteiger partial charge in [0.05, 0.1) is 12.5 Å². The highest BCUT2D eigenvalue weighted by Gasteiger charge is 2.40. The molecule has 126 valence electrons. The highest BCUT2D eigenvalue weighted by Crippen LogP contribution is 2.23. The van der Waals surface area contributed by atoms with Gasteiger partial charge in [0.25, 0.3) is 0 Å². The van der Waals surface area contributed by atoms with Gasteiger partial charge in [-0.25, -0.2) is 0 Å². The van der Waals surface area contributed by atoms with Gasteiger partial charge in [0, 0.05) is 13.0 Å². The summed E-state index contributed by atoms with van der Waals surface area (Å²) in [6, 6.07) is 9.01. The maximum atomic E-state index is 12.3. The number of hydrogen-bond donors (Lipinski definition) is 1. The number of carbonyl (C=O) groups excluding carboxylic acids is 2. The number of para-hydroxylation sites is 1. The van der Waals surface area contributed by atoms with Crippen molar-refractivity contribution in [3.63, 3.8) is 0 Å². The molecule has 5 nitrogen and oxygen atoms in total. The van der Waals surface area contributed by atoms with Gasteiger partial charge in [-0.2, -0.15) is 13.2 Å². The molecule has 0 aliphatic carbocycles. The largest absolute Gasteiger partial charge is 0.492 e. The number of rotatable bonds is 6. The molecule has 23 heavy (non-hydrogen) atoms. The fourth-order valence-corrected chi connectivity index (χ4v) is 2.32. The minimum Gasteiger partial charge on any atom is -0.492 e. The quantitative estimate of drug-likeness (QED) is 0.806. The minimum absolute atomic E-state index is 0.193. The van der Waals surface area contributed by atoms with Gasteiger partial charge in [-0.3, -0.25) is 9.59 Å². The summed E-state index contributed by atoms with van der Waals surface area (Å²) in [5, 5.41) is 2.57. The van der Waals surface area contributed by atoms with Crippen molar-refractivity contribution >= 4 is 11.8 Å². The molecule has 0 saturated carbocycles. The Morgan fingerprint density at radius 3 is 2.65 bits per heavy atom. The normalized spacial score (nSPS) is 18.1. The Kier molecular flexibility index (Phi) is 5.46. The number of hydrogen-bond acceptors (Lipinski definition) is 3. The average Bonchev–Trinajstić information content (AvgIpc) is 2.84. The standard InChI is InChI=1S/C15H17F3N2O3/c16-15(17,18)10-20-9-11(8-13(20)21)14(22)19-6-7-23-12-4-2-1-3-5-12/h1-5,11H,6-10H2,(H,19,22). The van der Waals surface area contributed by atoms with E-state index < -0.39 is 30.5 Å². The van der Waals surface area contributed by atoms with Crippen LogP contribution >= 0.6 is 0 Å². The summed E-state index contributed by atoms with van der Waals surface area (Å²) >= 11 is 0. The molecular weight excluding hydrogens is 313 g/mol. The summed E-state index contributed by atoms with van der Waals surface area (Å²) in [5.41, 5.74) is 0. The van der Waals surface area contributed by atoms with Crippen LogP contribution in [0.4, 0.5) is 13.2 Å². The van der Waals surface area contributed by atoms with Crippen molar-refractivity contribution in [2.24, 2.45) is 5.92 Å². The molecule has 8 heteroatoms. The number of amides is 2. The van der Waals surface area contributed by atoms with E-state index in [1.807, 2.05) is 18.2 Å². The zero-order valence-corrected chi connectivity index (χ0v) is 12.3. The van der Waals surface area contributed by atoms with Crippen LogP contribution in [0.5, 0.6) is 5.75 Å². The first-order valence-electron chi connectivity index (χ1n) is 7.15. The summed E-state index contributed by atoms with van der Waals surface area (Å²) in [5.74, 6) is -1.17. The minimum atomic E-state index is -4.45. The Balaban J connectivity index is 1.71. The summed E-state index contributed by atoms with van der Waals surface area (Å²) in [4.78, 5) is 24.1. The zero-order valence-electron chi connectivity index (χ0n) is 12.3. The van der Waals surface area contributed by atoms with E-state index in [4.69, 9.17) is 4.74 Å². The Morgan fingerprint density at radius 1 is 1.30 bits per heavy atom. The van der Waals surface area contributed by atoms with Crippen molar-refractivity contribution < 1.29 is 27.5 Å². The number of likely N-dealkylation sites (tertiary alicyclic amines) is 1. The first kappa shape index (κ1) is 17.1. The van der Waals surface area contributed by atoms with E-state index in [0.29, 0.717) is 10.6 Å². The second kappa shape index (κ2) is 7.34. The molecule has 1 heterocycles. The monoisotopic (exact) mass is 330 g/mol. The van der Waals surface area contributed by atoms with Crippen molar-refractivity contribution in [3.05, 3.63) is 30.3 Å². The fourth-order valence-electron chi connectivity index (χ4n) is 2.32. The third-order valence-corrected chi connectivity index (χ3v) is 3.37. The maximum Gasteiger partial charge on any atom is 0.406 e. The third-order valence-electron chi connectivity index (χ3n) is 3.37. The Bertz CT molecular complexity index is 549. The third kappa shape index (κ3) is 5.46. The van der Waals surface area contributed by atoms with Crippen molar-refractivity contribution in [2.45, 2.75) is 12.6 Å². The number of nitrogens with zero attached hydrogens (tertiary/aromatic N) is 1. The van der Waals surface area contributed by atoms with E-state index in [0.717, 1.165) is 0 Å². The molecule has 2 amide bonds. The van der Waals surface area contributed by atoms with E-state index in [9.17, 15) is 22.8 Å². The van der Waals surface area contributed by atoms with Gasteiger partial charge in [0.2, 0.25) is 11.8 Å². The van der Waals surface area contributed by atoms with Crippen molar-refractivity contribution in [2.75, 3.05) is 26.2 Å². The number of alkyl halides is 3. The van der Waals surface area contributed by atoms with Gasteiger partial charge in [0.15, 0.2) is 0 Å². The molecule has 1 fully saturated rings. The van der Waals surface area contributed by atoms with Crippen LogP contribution in [0.15, 0.2) is 30.3 Å². The number of benzene rings is 1. The predicted octanol–water partition coefficient (Wildman–Crippen LogP) is 1.59. The first-order valence-corrected chi connectivity index (χ1v) is 7.15. The Labute approximate surface area is 131 Å². The van der Waals surface area contributed by atoms with Crippen LogP contribution in [-0.4, -0.2) is 49.1 Å². The van der Waals surface area contributed by atoms with Crippen molar-refractivity contribution in [3.8, 4) is 5.75 Å². The van der Waals surface area contributed by atoms with Gasteiger partial charge in [-0.1, -0.05) is 18.2 Å². The topological polar surface area (TPSA) is 58.6 Å². The molecule has 1 N–H and O–H groups in total. The van der Waals surface area contributed by atoms with Crippen LogP contribution in [0, 0.1) is 5.92 Å². The summed E-state index contributed by atoms with van der Waals surface area (Å²) < 4.78 is 42.3. The van der Waals surface area contributed by atoms with Crippen LogP contribution in [-0.2, 0) is 9.59 Å². The maximum absolute atomic E-state index is 12.3. The summed E-state index contributed by atoms with van der Waals surface area (Å²) in [6.45, 7) is -1.06. The molecule has 1 aliphatic rings. The Hall–Kier alpha value is -2.25. The highest BCUT2D eigenvalue weighted by molar-refractivity contribution is 5.89. The smallest absolute Gasteiger partial charge is 0.406 e. The number of carbonyl (C=O) groups is 2. The van der Waals surface area contributed by atoms with Crippen LogP contribution in [0.3, 0.4) is 0 Å². The number of ether oxygens (including phenoxy) is 1. The molecule has 1 aromatic rings. The van der Waals surface area contributed by atoms with Crippen LogP contribution in [0.1, 0.15) is 6.42 Å². The van der Waals surface area contributed by atoms with Gasteiger partial charge >= 0.3 is 6.18 Å². The average molecular weight is 330 g/mol. The molecule has 0 bridgehead atoms. The molecular formula is C15H17F3N2O3. The molecule has 0 spiro atoms. The van der Waals surface area contributed by atoms with Gasteiger partial charge < -0.3 is 15.0 Å². The number of nitrogens with one attached hydrogen (secondary N) is 1. The van der Waals surface area contributed by atoms with Crippen molar-refractivity contribution in [1.82, 2.24) is 10.2 Å². The molecule has 1 aliphatic heterocycles. The fraction of sp³-hybridized carbons (Fsp3) is 0.467. The van der Waals surface area contributed by atoms with E-state index in [1.165, 1.54) is 0 Å². The molecule has 1 unspecified atom stereocenters. The molecule has 1 saturated heterocycles. The predicted molar refractivity (Wildman–Crippen MR) is 75.7 cm³/mol. The second-order valence-electron chi connectivity index (χ2n) is 5.24. The lowest BCUT2D eigenvalue weighted by Crippen LogP contribution is -2.38. The first-order chi connectivity index (χ1) is 10.8. The van der Waals surface area contributed by atoms with Crippen LogP contribution in [0.25, 0.3) is 0 Å². The summed E-state index contributed by atoms with van der Waals surface area (Å²) in [7, 11) is 0. The molecule has 1 atom stereocenters. The molecule has 2 rings (SSSR count). The van der Waals surface area contributed by atoms with Crippen molar-refractivity contribution in [1.29, 1.82) is 0 Å². The van der Waals surface area contributed by atoms with E-state index in [1.54, 1.807) is 12.1 Å². The van der Waals surface area contributed by atoms with Crippen LogP contribution < -0.4 is 10.1 Å². The van der Waals surface area contributed by atoms with Gasteiger partial charge in [0.1, 0.15) is 18.9 Å². The lowest BCUT2D eigenvalue weighted by Gasteiger charge is -2.18. The SMILES string of the molecule is O=C(NCCOc1ccccc1)C1CC(=O)N(CC(F)(F)F)C1. The zero-order chi connectivity index (χ0) is 16.9.